The number of carboxylic acid groups (broad SMARTS) is 1. The van der Waals surface area contributed by atoms with Crippen LogP contribution in [0, 0.1) is 11.8 Å². The van der Waals surface area contributed by atoms with Gasteiger partial charge >= 0.3 is 5.97 Å². The van der Waals surface area contributed by atoms with E-state index in [1.165, 1.54) is 0 Å². The summed E-state index contributed by atoms with van der Waals surface area (Å²) in [7, 11) is 0. The van der Waals surface area contributed by atoms with Crippen LogP contribution in [0.5, 0.6) is 0 Å². The zero-order valence-electron chi connectivity index (χ0n) is 11.1. The van der Waals surface area contributed by atoms with Crippen LogP contribution < -0.4 is 5.32 Å². The number of carboxylic acids is 1. The van der Waals surface area contributed by atoms with Gasteiger partial charge in [-0.3, -0.25) is 9.59 Å². The highest BCUT2D eigenvalue weighted by atomic mass is 35.5. The maximum atomic E-state index is 11.6. The van der Waals surface area contributed by atoms with Gasteiger partial charge in [-0.25, -0.2) is 0 Å². The number of ether oxygens (including phenoxy) is 1. The van der Waals surface area contributed by atoms with Gasteiger partial charge in [0.15, 0.2) is 0 Å². The van der Waals surface area contributed by atoms with Crippen LogP contribution in [0.3, 0.4) is 0 Å². The third-order valence-electron chi connectivity index (χ3n) is 3.26. The largest absolute Gasteiger partial charge is 0.481 e. The first-order valence-electron chi connectivity index (χ1n) is 6.51. The highest BCUT2D eigenvalue weighted by molar-refractivity contribution is 6.35. The lowest BCUT2D eigenvalue weighted by Crippen LogP contribution is -2.29. The van der Waals surface area contributed by atoms with Gasteiger partial charge in [-0.15, -0.1) is 0 Å². The third-order valence-corrected chi connectivity index (χ3v) is 3.85. The molecule has 2 rings (SSSR count). The zero-order chi connectivity index (χ0) is 15.4. The Bertz CT molecular complexity index is 550. The average Bonchev–Trinajstić information content (AvgIpc) is 3.21. The van der Waals surface area contributed by atoms with E-state index >= 15 is 0 Å². The van der Waals surface area contributed by atoms with Crippen LogP contribution in [-0.2, 0) is 20.9 Å². The number of halogens is 2. The number of amides is 1. The highest BCUT2D eigenvalue weighted by Crippen LogP contribution is 2.38. The van der Waals surface area contributed by atoms with E-state index in [0.29, 0.717) is 36.2 Å². The van der Waals surface area contributed by atoms with E-state index in [4.69, 9.17) is 33.0 Å². The molecule has 5 nitrogen and oxygen atoms in total. The van der Waals surface area contributed by atoms with Crippen molar-refractivity contribution in [1.82, 2.24) is 5.32 Å². The molecule has 7 heteroatoms. The summed E-state index contributed by atoms with van der Waals surface area (Å²) in [6, 6.07) is 5.15. The monoisotopic (exact) mass is 331 g/mol. The molecule has 1 saturated carbocycles. The number of nitrogens with one attached hydrogen (secondary N) is 1. The minimum absolute atomic E-state index is 0.226. The van der Waals surface area contributed by atoms with E-state index in [2.05, 4.69) is 5.32 Å². The van der Waals surface area contributed by atoms with Gasteiger partial charge in [0.2, 0.25) is 5.91 Å². The molecule has 0 saturated heterocycles. The Labute approximate surface area is 132 Å². The SMILES string of the molecule is O=C(O)C1CC1C(=O)NCCOCc1ccc(Cl)cc1Cl. The lowest BCUT2D eigenvalue weighted by atomic mass is 10.2. The molecule has 0 radical (unpaired) electrons. The molecule has 0 bridgehead atoms. The first-order chi connectivity index (χ1) is 9.99. The molecule has 1 aliphatic carbocycles. The van der Waals surface area contributed by atoms with Crippen molar-refractivity contribution in [2.45, 2.75) is 13.0 Å². The van der Waals surface area contributed by atoms with E-state index in [-0.39, 0.29) is 5.91 Å². The van der Waals surface area contributed by atoms with Crippen LogP contribution in [0.15, 0.2) is 18.2 Å². The number of hydrogen-bond acceptors (Lipinski definition) is 3. The number of carbonyl (C=O) groups is 2. The summed E-state index contributed by atoms with van der Waals surface area (Å²) >= 11 is 11.8. The molecular formula is C14H15Cl2NO4. The Morgan fingerprint density at radius 1 is 1.33 bits per heavy atom. The number of carbonyl (C=O) groups excluding carboxylic acids is 1. The molecule has 0 heterocycles. The molecule has 1 fully saturated rings. The minimum Gasteiger partial charge on any atom is -0.481 e. The lowest BCUT2D eigenvalue weighted by molar-refractivity contribution is -0.140. The van der Waals surface area contributed by atoms with Crippen molar-refractivity contribution in [3.05, 3.63) is 33.8 Å². The van der Waals surface area contributed by atoms with Gasteiger partial charge in [-0.05, 0) is 24.1 Å². The van der Waals surface area contributed by atoms with Crippen molar-refractivity contribution in [3.8, 4) is 0 Å². The molecule has 1 amide bonds. The van der Waals surface area contributed by atoms with Crippen molar-refractivity contribution in [1.29, 1.82) is 0 Å². The fraction of sp³-hybridized carbons (Fsp3) is 0.429. The zero-order valence-corrected chi connectivity index (χ0v) is 12.7. The van der Waals surface area contributed by atoms with E-state index in [1.807, 2.05) is 0 Å². The van der Waals surface area contributed by atoms with Gasteiger partial charge < -0.3 is 15.2 Å². The molecular weight excluding hydrogens is 317 g/mol. The fourth-order valence-electron chi connectivity index (χ4n) is 1.96. The third kappa shape index (κ3) is 4.59. The Balaban J connectivity index is 1.62. The van der Waals surface area contributed by atoms with Crippen LogP contribution in [0.2, 0.25) is 10.0 Å². The molecule has 1 aromatic rings. The molecule has 1 aromatic carbocycles. The van der Waals surface area contributed by atoms with Crippen molar-refractivity contribution >= 4 is 35.1 Å². The average molecular weight is 332 g/mol. The summed E-state index contributed by atoms with van der Waals surface area (Å²) < 4.78 is 5.41. The second kappa shape index (κ2) is 7.11. The number of benzene rings is 1. The summed E-state index contributed by atoms with van der Waals surface area (Å²) in [6.07, 6.45) is 0.419. The minimum atomic E-state index is -0.913. The summed E-state index contributed by atoms with van der Waals surface area (Å²) in [4.78, 5) is 22.2. The fourth-order valence-corrected chi connectivity index (χ4v) is 2.42. The van der Waals surface area contributed by atoms with E-state index in [0.717, 1.165) is 5.56 Å². The van der Waals surface area contributed by atoms with Gasteiger partial charge in [-0.2, -0.15) is 0 Å². The van der Waals surface area contributed by atoms with Gasteiger partial charge in [0.1, 0.15) is 0 Å². The molecule has 0 aromatic heterocycles. The number of rotatable bonds is 7. The van der Waals surface area contributed by atoms with Crippen LogP contribution in [0.25, 0.3) is 0 Å². The normalized spacial score (nSPS) is 20.1. The molecule has 114 valence electrons. The van der Waals surface area contributed by atoms with E-state index in [1.54, 1.807) is 18.2 Å². The molecule has 2 atom stereocenters. The maximum absolute atomic E-state index is 11.6. The number of hydrogen-bond donors (Lipinski definition) is 2. The predicted molar refractivity (Wildman–Crippen MR) is 78.4 cm³/mol. The molecule has 2 N–H and O–H groups in total. The molecule has 1 aliphatic rings. The van der Waals surface area contributed by atoms with Gasteiger partial charge in [0.25, 0.3) is 0 Å². The molecule has 2 unspecified atom stereocenters. The Morgan fingerprint density at radius 3 is 2.71 bits per heavy atom. The standard InChI is InChI=1S/C14H15Cl2NO4/c15-9-2-1-8(12(16)5-9)7-21-4-3-17-13(18)10-6-11(10)14(19)20/h1-2,5,10-11H,3-4,6-7H2,(H,17,18)(H,19,20). The van der Waals surface area contributed by atoms with Crippen LogP contribution in [0.1, 0.15) is 12.0 Å². The van der Waals surface area contributed by atoms with E-state index < -0.39 is 17.8 Å². The van der Waals surface area contributed by atoms with Crippen molar-refractivity contribution in [2.24, 2.45) is 11.8 Å². The summed E-state index contributed by atoms with van der Waals surface area (Å²) in [6.45, 7) is 0.995. The van der Waals surface area contributed by atoms with Crippen molar-refractivity contribution < 1.29 is 19.4 Å². The Morgan fingerprint density at radius 2 is 2.10 bits per heavy atom. The topological polar surface area (TPSA) is 75.6 Å². The van der Waals surface area contributed by atoms with Crippen molar-refractivity contribution in [3.63, 3.8) is 0 Å². The highest BCUT2D eigenvalue weighted by Gasteiger charge is 2.48. The van der Waals surface area contributed by atoms with E-state index in [9.17, 15) is 9.59 Å². The van der Waals surface area contributed by atoms with Crippen molar-refractivity contribution in [2.75, 3.05) is 13.2 Å². The summed E-state index contributed by atoms with van der Waals surface area (Å²) in [5.74, 6) is -2.06. The Hall–Kier alpha value is -1.30. The first-order valence-corrected chi connectivity index (χ1v) is 7.27. The predicted octanol–water partition coefficient (Wildman–Crippen LogP) is 2.35. The van der Waals surface area contributed by atoms with Crippen LogP contribution >= 0.6 is 23.2 Å². The molecule has 0 aliphatic heterocycles. The maximum Gasteiger partial charge on any atom is 0.307 e. The second-order valence-corrected chi connectivity index (χ2v) is 5.71. The first kappa shape index (κ1) is 16.1. The molecule has 21 heavy (non-hydrogen) atoms. The second-order valence-electron chi connectivity index (χ2n) is 4.87. The van der Waals surface area contributed by atoms with Gasteiger partial charge in [0, 0.05) is 16.6 Å². The number of aliphatic carboxylic acids is 1. The van der Waals surface area contributed by atoms with Crippen LogP contribution in [0.4, 0.5) is 0 Å². The summed E-state index contributed by atoms with van der Waals surface area (Å²) in [5.41, 5.74) is 0.820. The quantitative estimate of drug-likeness (QED) is 0.752. The van der Waals surface area contributed by atoms with Crippen LogP contribution in [-0.4, -0.2) is 30.1 Å². The van der Waals surface area contributed by atoms with Gasteiger partial charge in [0.05, 0.1) is 25.0 Å². The summed E-state index contributed by atoms with van der Waals surface area (Å²) in [5, 5.41) is 12.5. The lowest BCUT2D eigenvalue weighted by Gasteiger charge is -2.07. The Kier molecular flexibility index (Phi) is 5.45. The smallest absolute Gasteiger partial charge is 0.307 e. The molecule has 0 spiro atoms. The van der Waals surface area contributed by atoms with Gasteiger partial charge in [-0.1, -0.05) is 29.3 Å².